The number of amides is 1. The molecule has 206 valence electrons. The summed E-state index contributed by atoms with van der Waals surface area (Å²) in [6.45, 7) is 6.08. The molecule has 4 rings (SSSR count). The fraction of sp³-hybridized carbons (Fsp3) is 0.280. The molecule has 0 radical (unpaired) electrons. The molecule has 0 aliphatic heterocycles. The molecule has 14 heteroatoms. The lowest BCUT2D eigenvalue weighted by atomic mass is 10.2. The van der Waals surface area contributed by atoms with Gasteiger partial charge in [-0.15, -0.1) is 13.2 Å². The van der Waals surface area contributed by atoms with E-state index >= 15 is 0 Å². The molecular formula is C25H24ClF3N6O4. The number of anilines is 2. The van der Waals surface area contributed by atoms with Crippen molar-refractivity contribution in [1.29, 1.82) is 0 Å². The maximum absolute atomic E-state index is 12.5. The molecule has 0 unspecified atom stereocenters. The molecule has 0 aliphatic carbocycles. The second kappa shape index (κ2) is 11.2. The summed E-state index contributed by atoms with van der Waals surface area (Å²) in [5.74, 6) is 0.0651. The number of nitrogens with zero attached hydrogens (tertiary/aromatic N) is 4. The third-order valence-electron chi connectivity index (χ3n) is 4.89. The normalized spacial score (nSPS) is 11.8. The van der Waals surface area contributed by atoms with E-state index in [2.05, 4.69) is 30.3 Å². The number of hydrogen-bond acceptors (Lipinski definition) is 8. The Morgan fingerprint density at radius 3 is 2.56 bits per heavy atom. The topological polar surface area (TPSA) is 112 Å². The van der Waals surface area contributed by atoms with Crippen molar-refractivity contribution in [3.63, 3.8) is 0 Å². The van der Waals surface area contributed by atoms with Crippen molar-refractivity contribution < 1.29 is 32.2 Å². The zero-order valence-corrected chi connectivity index (χ0v) is 21.8. The molecule has 1 aromatic carbocycles. The first kappa shape index (κ1) is 27.8. The van der Waals surface area contributed by atoms with Crippen molar-refractivity contribution in [2.45, 2.75) is 39.3 Å². The van der Waals surface area contributed by atoms with Gasteiger partial charge in [0.05, 0.1) is 17.4 Å². The number of halogens is 4. The Kier molecular flexibility index (Phi) is 8.00. The lowest BCUT2D eigenvalue weighted by molar-refractivity contribution is -0.274. The average molecular weight is 565 g/mol. The van der Waals surface area contributed by atoms with Gasteiger partial charge >= 0.3 is 12.5 Å². The molecule has 1 amide bonds. The number of ether oxygens (including phenoxy) is 3. The Hall–Kier alpha value is -4.26. The van der Waals surface area contributed by atoms with E-state index in [0.29, 0.717) is 35.6 Å². The number of pyridine rings is 1. The van der Waals surface area contributed by atoms with Crippen molar-refractivity contribution in [2.24, 2.45) is 0 Å². The van der Waals surface area contributed by atoms with Gasteiger partial charge in [0.2, 0.25) is 5.88 Å². The van der Waals surface area contributed by atoms with Crippen LogP contribution in [0.2, 0.25) is 5.02 Å². The molecule has 3 aromatic heterocycles. The molecule has 2 N–H and O–H groups in total. The first-order chi connectivity index (χ1) is 18.4. The Labute approximate surface area is 226 Å². The van der Waals surface area contributed by atoms with E-state index < -0.39 is 23.8 Å². The second-order valence-corrected chi connectivity index (χ2v) is 9.56. The van der Waals surface area contributed by atoms with Crippen LogP contribution in [0.4, 0.5) is 29.5 Å². The minimum absolute atomic E-state index is 0.0178. The molecule has 10 nitrogen and oxygen atoms in total. The van der Waals surface area contributed by atoms with Gasteiger partial charge in [0, 0.05) is 25.4 Å². The smallest absolute Gasteiger partial charge is 0.444 e. The highest BCUT2D eigenvalue weighted by Gasteiger charge is 2.31. The fourth-order valence-electron chi connectivity index (χ4n) is 3.46. The first-order valence-corrected chi connectivity index (χ1v) is 12.0. The van der Waals surface area contributed by atoms with Crippen LogP contribution in [0.5, 0.6) is 17.4 Å². The number of fused-ring (bicyclic) bond motifs is 1. The summed E-state index contributed by atoms with van der Waals surface area (Å²) in [5, 5.41) is 5.95. The lowest BCUT2D eigenvalue weighted by Crippen LogP contribution is -2.34. The van der Waals surface area contributed by atoms with Crippen LogP contribution in [-0.2, 0) is 11.3 Å². The van der Waals surface area contributed by atoms with Crippen LogP contribution in [0.25, 0.3) is 11.0 Å². The monoisotopic (exact) mass is 564 g/mol. The predicted octanol–water partition coefficient (Wildman–Crippen LogP) is 6.44. The number of benzene rings is 1. The summed E-state index contributed by atoms with van der Waals surface area (Å²) in [7, 11) is 0. The molecule has 0 spiro atoms. The van der Waals surface area contributed by atoms with Crippen LogP contribution >= 0.6 is 11.6 Å². The Morgan fingerprint density at radius 1 is 1.08 bits per heavy atom. The first-order valence-electron chi connectivity index (χ1n) is 11.6. The van der Waals surface area contributed by atoms with Crippen molar-refractivity contribution >= 4 is 40.2 Å². The SMILES string of the molecule is CC(C)(C)OC(=O)NCCn1ccc2ncnc(Nc3cnc(Oc4cccc(OC(F)(F)F)c4)c(Cl)c3)c21. The van der Waals surface area contributed by atoms with Crippen LogP contribution in [-0.4, -0.2) is 44.1 Å². The molecule has 0 saturated heterocycles. The number of carbonyl (C=O) groups excluding carboxylic acids is 1. The van der Waals surface area contributed by atoms with Crippen LogP contribution in [0.3, 0.4) is 0 Å². The zero-order valence-electron chi connectivity index (χ0n) is 21.0. The van der Waals surface area contributed by atoms with E-state index in [0.717, 1.165) is 12.1 Å². The van der Waals surface area contributed by atoms with Gasteiger partial charge in [-0.1, -0.05) is 17.7 Å². The molecular weight excluding hydrogens is 541 g/mol. The molecule has 39 heavy (non-hydrogen) atoms. The zero-order chi connectivity index (χ0) is 28.2. The predicted molar refractivity (Wildman–Crippen MR) is 137 cm³/mol. The summed E-state index contributed by atoms with van der Waals surface area (Å²) >= 11 is 6.34. The highest BCUT2D eigenvalue weighted by molar-refractivity contribution is 6.32. The summed E-state index contributed by atoms with van der Waals surface area (Å²) in [4.78, 5) is 24.7. The molecule has 0 fully saturated rings. The molecule has 3 heterocycles. The Morgan fingerprint density at radius 2 is 1.85 bits per heavy atom. The Balaban J connectivity index is 1.46. The molecule has 4 aromatic rings. The van der Waals surface area contributed by atoms with Gasteiger partial charge in [-0.05, 0) is 45.0 Å². The summed E-state index contributed by atoms with van der Waals surface area (Å²) < 4.78 is 54.1. The van der Waals surface area contributed by atoms with E-state index in [1.54, 1.807) is 20.8 Å². The number of alkyl carbamates (subject to hydrolysis) is 1. The fourth-order valence-corrected chi connectivity index (χ4v) is 3.66. The minimum Gasteiger partial charge on any atom is -0.444 e. The Bertz CT molecular complexity index is 1470. The van der Waals surface area contributed by atoms with Crippen LogP contribution in [0.15, 0.2) is 55.1 Å². The summed E-state index contributed by atoms with van der Waals surface area (Å²) in [6, 6.07) is 8.35. The van der Waals surface area contributed by atoms with Gasteiger partial charge in [0.15, 0.2) is 5.82 Å². The highest BCUT2D eigenvalue weighted by atomic mass is 35.5. The third kappa shape index (κ3) is 7.87. The standard InChI is InChI=1S/C25H24ClF3N6O4/c1-24(2,3)39-23(36)30-8-10-35-9-7-19-20(35)21(33-14-32-19)34-15-11-18(26)22(31-13-15)37-16-5-4-6-17(12-16)38-25(27,28)29/h4-7,9,11-14H,8,10H2,1-3H3,(H,30,36)(H,32,33,34). The van der Waals surface area contributed by atoms with Crippen molar-refractivity contribution in [1.82, 2.24) is 24.8 Å². The van der Waals surface area contributed by atoms with Gasteiger partial charge in [0.25, 0.3) is 0 Å². The van der Waals surface area contributed by atoms with Crippen LogP contribution in [0.1, 0.15) is 20.8 Å². The summed E-state index contributed by atoms with van der Waals surface area (Å²) in [6.07, 6.45) is -0.696. The van der Waals surface area contributed by atoms with Gasteiger partial charge in [-0.2, -0.15) is 0 Å². The largest absolute Gasteiger partial charge is 0.573 e. The third-order valence-corrected chi connectivity index (χ3v) is 5.17. The lowest BCUT2D eigenvalue weighted by Gasteiger charge is -2.19. The number of hydrogen-bond donors (Lipinski definition) is 2. The average Bonchev–Trinajstić information content (AvgIpc) is 3.23. The quantitative estimate of drug-likeness (QED) is 0.251. The maximum atomic E-state index is 12.5. The highest BCUT2D eigenvalue weighted by Crippen LogP contribution is 2.33. The van der Waals surface area contributed by atoms with Gasteiger partial charge in [0.1, 0.15) is 34.0 Å². The minimum atomic E-state index is -4.83. The van der Waals surface area contributed by atoms with Crippen molar-refractivity contribution in [2.75, 3.05) is 11.9 Å². The number of carbonyl (C=O) groups is 1. The van der Waals surface area contributed by atoms with E-state index in [1.807, 2.05) is 16.8 Å². The van der Waals surface area contributed by atoms with E-state index in [4.69, 9.17) is 21.1 Å². The number of nitrogens with one attached hydrogen (secondary N) is 2. The van der Waals surface area contributed by atoms with Crippen LogP contribution < -0.4 is 20.1 Å². The molecule has 0 saturated carbocycles. The molecule has 0 bridgehead atoms. The molecule has 0 atom stereocenters. The number of aromatic nitrogens is 4. The number of alkyl halides is 3. The van der Waals surface area contributed by atoms with Gasteiger partial charge < -0.3 is 29.4 Å². The van der Waals surface area contributed by atoms with E-state index in [1.165, 1.54) is 30.7 Å². The molecule has 0 aliphatic rings. The summed E-state index contributed by atoms with van der Waals surface area (Å²) in [5.41, 5.74) is 1.23. The van der Waals surface area contributed by atoms with Crippen LogP contribution in [0, 0.1) is 0 Å². The van der Waals surface area contributed by atoms with E-state index in [9.17, 15) is 18.0 Å². The van der Waals surface area contributed by atoms with Gasteiger partial charge in [-0.25, -0.2) is 19.7 Å². The van der Waals surface area contributed by atoms with Crippen molar-refractivity contribution in [3.05, 3.63) is 60.1 Å². The van der Waals surface area contributed by atoms with Gasteiger partial charge in [-0.3, -0.25) is 0 Å². The van der Waals surface area contributed by atoms with Crippen molar-refractivity contribution in [3.8, 4) is 17.4 Å². The second-order valence-electron chi connectivity index (χ2n) is 9.15. The van der Waals surface area contributed by atoms with E-state index in [-0.39, 0.29) is 16.7 Å². The maximum Gasteiger partial charge on any atom is 0.573 e. The number of rotatable bonds is 8.